The van der Waals surface area contributed by atoms with Gasteiger partial charge in [-0.2, -0.15) is 9.97 Å². The number of alkyl halides is 1. The topological polar surface area (TPSA) is 88.8 Å². The number of nitrogens with zero attached hydrogens (tertiary/aromatic N) is 7. The summed E-state index contributed by atoms with van der Waals surface area (Å²) >= 11 is 3.70. The molecular formula is C28H39BrFN7O3. The second kappa shape index (κ2) is 9.68. The molecule has 2 bridgehead atoms. The van der Waals surface area contributed by atoms with Crippen LogP contribution in [-0.2, 0) is 4.74 Å². The van der Waals surface area contributed by atoms with Crippen molar-refractivity contribution in [2.45, 2.75) is 108 Å². The van der Waals surface area contributed by atoms with Gasteiger partial charge in [0.05, 0.1) is 17.6 Å². The number of ether oxygens (including phenoxy) is 2. The third kappa shape index (κ3) is 4.53. The molecule has 0 aromatic carbocycles. The smallest absolute Gasteiger partial charge is 0.410 e. The Morgan fingerprint density at radius 3 is 2.48 bits per heavy atom. The standard InChI is InChI=1S/C28H39BrFN7O3/c1-27(2,3)40-26(38)36-19-8-9-20(36)15-34(14-19)23-21-22(31-24(29)37(21)18-6-4-7-18)32-25(33-23)39-16-28-10-5-11-35(28)13-17(30)12-28/h17-20H,4-16H2,1-3H3/t17-,19?,20?,28+/m1/s1. The number of piperazine rings is 1. The van der Waals surface area contributed by atoms with Crippen LogP contribution in [-0.4, -0.2) is 97.6 Å². The summed E-state index contributed by atoms with van der Waals surface area (Å²) in [6, 6.07) is 0.757. The Hall–Kier alpha value is -2.21. The van der Waals surface area contributed by atoms with Crippen molar-refractivity contribution in [1.29, 1.82) is 0 Å². The molecule has 0 N–H and O–H groups in total. The van der Waals surface area contributed by atoms with Gasteiger partial charge in [0, 0.05) is 32.1 Å². The van der Waals surface area contributed by atoms with Crippen LogP contribution >= 0.6 is 15.9 Å². The van der Waals surface area contributed by atoms with Crippen molar-refractivity contribution in [2.75, 3.05) is 37.7 Å². The Morgan fingerprint density at radius 1 is 1.05 bits per heavy atom. The number of aromatic nitrogens is 4. The number of halogens is 2. The first-order chi connectivity index (χ1) is 19.1. The zero-order valence-corrected chi connectivity index (χ0v) is 25.2. The van der Waals surface area contributed by atoms with Gasteiger partial charge >= 0.3 is 12.1 Å². The van der Waals surface area contributed by atoms with Gasteiger partial charge in [0.25, 0.3) is 0 Å². The summed E-state index contributed by atoms with van der Waals surface area (Å²) in [6.07, 6.45) is 6.71. The van der Waals surface area contributed by atoms with E-state index < -0.39 is 11.8 Å². The highest BCUT2D eigenvalue weighted by Crippen LogP contribution is 2.43. The van der Waals surface area contributed by atoms with Crippen LogP contribution < -0.4 is 9.64 Å². The average molecular weight is 621 g/mol. The van der Waals surface area contributed by atoms with Crippen molar-refractivity contribution in [3.8, 4) is 6.01 Å². The minimum absolute atomic E-state index is 0.0532. The molecule has 0 spiro atoms. The SMILES string of the molecule is CC(C)(C)OC(=O)N1C2CCC1CN(c1nc(OC[C@@]34CCCN3C[C@H](F)C4)nc3nc(Br)n(C4CCC4)c13)C2. The van der Waals surface area contributed by atoms with Gasteiger partial charge in [0.2, 0.25) is 0 Å². The van der Waals surface area contributed by atoms with Crippen LogP contribution in [0, 0.1) is 0 Å². The first kappa shape index (κ1) is 26.7. The molecule has 5 fully saturated rings. The lowest BCUT2D eigenvalue weighted by Gasteiger charge is -2.42. The van der Waals surface area contributed by atoms with Crippen LogP contribution in [0.2, 0.25) is 0 Å². The second-order valence-corrected chi connectivity index (χ2v) is 14.1. The molecule has 2 unspecified atom stereocenters. The predicted octanol–water partition coefficient (Wildman–Crippen LogP) is 4.86. The lowest BCUT2D eigenvalue weighted by molar-refractivity contribution is 0.0122. The number of carbonyl (C=O) groups is 1. The zero-order chi connectivity index (χ0) is 27.8. The summed E-state index contributed by atoms with van der Waals surface area (Å²) in [6.45, 7) is 8.82. The molecule has 218 valence electrons. The van der Waals surface area contributed by atoms with Gasteiger partial charge in [-0.15, -0.1) is 0 Å². The maximum atomic E-state index is 14.4. The van der Waals surface area contributed by atoms with Gasteiger partial charge in [-0.25, -0.2) is 14.2 Å². The molecule has 12 heteroatoms. The fourth-order valence-electron chi connectivity index (χ4n) is 7.54. The van der Waals surface area contributed by atoms with E-state index in [1.54, 1.807) is 0 Å². The first-order valence-electron chi connectivity index (χ1n) is 14.8. The Balaban J connectivity index is 1.21. The van der Waals surface area contributed by atoms with E-state index in [1.165, 1.54) is 6.42 Å². The predicted molar refractivity (Wildman–Crippen MR) is 152 cm³/mol. The van der Waals surface area contributed by atoms with Gasteiger partial charge in [-0.05, 0) is 88.2 Å². The van der Waals surface area contributed by atoms with Crippen molar-refractivity contribution < 1.29 is 18.7 Å². The molecule has 4 aliphatic heterocycles. The number of hydrogen-bond acceptors (Lipinski definition) is 8. The van der Waals surface area contributed by atoms with Gasteiger partial charge < -0.3 is 18.9 Å². The Bertz CT molecular complexity index is 1300. The number of fused-ring (bicyclic) bond motifs is 4. The van der Waals surface area contributed by atoms with Crippen LogP contribution in [0.3, 0.4) is 0 Å². The fourth-order valence-corrected chi connectivity index (χ4v) is 8.17. The summed E-state index contributed by atoms with van der Waals surface area (Å²) < 4.78 is 29.4. The van der Waals surface area contributed by atoms with Gasteiger partial charge in [-0.1, -0.05) is 0 Å². The molecule has 7 rings (SSSR count). The molecule has 2 aromatic rings. The number of amides is 1. The van der Waals surface area contributed by atoms with E-state index >= 15 is 0 Å². The highest BCUT2D eigenvalue weighted by Gasteiger charge is 2.50. The maximum Gasteiger partial charge on any atom is 0.410 e. The van der Waals surface area contributed by atoms with Gasteiger partial charge in [-0.3, -0.25) is 9.80 Å². The zero-order valence-electron chi connectivity index (χ0n) is 23.6. The van der Waals surface area contributed by atoms with Crippen molar-refractivity contribution in [3.63, 3.8) is 0 Å². The van der Waals surface area contributed by atoms with Crippen molar-refractivity contribution in [1.82, 2.24) is 29.3 Å². The minimum atomic E-state index is -0.811. The van der Waals surface area contributed by atoms with Crippen molar-refractivity contribution in [3.05, 3.63) is 4.73 Å². The summed E-state index contributed by atoms with van der Waals surface area (Å²) in [5.41, 5.74) is 0.716. The molecule has 1 saturated carbocycles. The van der Waals surface area contributed by atoms with Crippen LogP contribution in [0.25, 0.3) is 11.2 Å². The summed E-state index contributed by atoms with van der Waals surface area (Å²) in [7, 11) is 0. The highest BCUT2D eigenvalue weighted by atomic mass is 79.9. The number of imidazole rings is 1. The molecule has 0 radical (unpaired) electrons. The summed E-state index contributed by atoms with van der Waals surface area (Å²) in [5, 5.41) is 0. The van der Waals surface area contributed by atoms with E-state index in [1.807, 2.05) is 25.7 Å². The third-order valence-corrected chi connectivity index (χ3v) is 10.1. The molecule has 40 heavy (non-hydrogen) atoms. The molecule has 4 saturated heterocycles. The van der Waals surface area contributed by atoms with E-state index in [2.05, 4.69) is 30.3 Å². The minimum Gasteiger partial charge on any atom is -0.461 e. The van der Waals surface area contributed by atoms with Crippen LogP contribution in [0.4, 0.5) is 15.0 Å². The first-order valence-corrected chi connectivity index (χ1v) is 15.6. The Morgan fingerprint density at radius 2 is 1.80 bits per heavy atom. The summed E-state index contributed by atoms with van der Waals surface area (Å²) in [5.74, 6) is 0.807. The number of anilines is 1. The summed E-state index contributed by atoms with van der Waals surface area (Å²) in [4.78, 5) is 34.1. The van der Waals surface area contributed by atoms with Crippen LogP contribution in [0.5, 0.6) is 6.01 Å². The molecule has 10 nitrogen and oxygen atoms in total. The molecular weight excluding hydrogens is 581 g/mol. The molecule has 6 heterocycles. The monoisotopic (exact) mass is 619 g/mol. The number of carbonyl (C=O) groups excluding carboxylic acids is 1. The van der Waals surface area contributed by atoms with Crippen molar-refractivity contribution >= 4 is 39.0 Å². The average Bonchev–Trinajstić information content (AvgIpc) is 3.54. The van der Waals surface area contributed by atoms with E-state index in [9.17, 15) is 9.18 Å². The molecule has 2 aromatic heterocycles. The normalized spacial score (nSPS) is 30.7. The quantitative estimate of drug-likeness (QED) is 0.439. The molecule has 1 aliphatic carbocycles. The third-order valence-electron chi connectivity index (χ3n) is 9.52. The highest BCUT2D eigenvalue weighted by molar-refractivity contribution is 9.10. The number of hydrogen-bond donors (Lipinski definition) is 0. The molecule has 4 atom stereocenters. The van der Waals surface area contributed by atoms with E-state index in [0.29, 0.717) is 50.4 Å². The largest absolute Gasteiger partial charge is 0.461 e. The van der Waals surface area contributed by atoms with E-state index in [0.717, 1.165) is 61.1 Å². The molecule has 5 aliphatic rings. The van der Waals surface area contributed by atoms with Crippen molar-refractivity contribution in [2.24, 2.45) is 0 Å². The number of rotatable bonds is 5. The van der Waals surface area contributed by atoms with Gasteiger partial charge in [0.15, 0.2) is 16.2 Å². The fraction of sp³-hybridized carbons (Fsp3) is 0.786. The van der Waals surface area contributed by atoms with Crippen LogP contribution in [0.15, 0.2) is 4.73 Å². The Kier molecular flexibility index (Phi) is 6.45. The maximum absolute atomic E-state index is 14.4. The molecule has 1 amide bonds. The van der Waals surface area contributed by atoms with E-state index in [4.69, 9.17) is 24.4 Å². The Labute approximate surface area is 242 Å². The van der Waals surface area contributed by atoms with Crippen LogP contribution in [0.1, 0.15) is 78.2 Å². The lowest BCUT2D eigenvalue weighted by Crippen LogP contribution is -2.57. The lowest BCUT2D eigenvalue weighted by atomic mass is 9.93. The second-order valence-electron chi connectivity index (χ2n) is 13.4. The van der Waals surface area contributed by atoms with Gasteiger partial charge in [0.1, 0.15) is 23.9 Å². The van der Waals surface area contributed by atoms with E-state index in [-0.39, 0.29) is 23.7 Å².